The highest BCUT2D eigenvalue weighted by molar-refractivity contribution is 7.91. The lowest BCUT2D eigenvalue weighted by atomic mass is 10.3. The Morgan fingerprint density at radius 1 is 1.59 bits per heavy atom. The fraction of sp³-hybridized carbons (Fsp3) is 0.556. The molecule has 0 amide bonds. The molecule has 94 valence electrons. The molecule has 17 heavy (non-hydrogen) atoms. The summed E-state index contributed by atoms with van der Waals surface area (Å²) in [7, 11) is -3.07. The molecule has 1 atom stereocenters. The second kappa shape index (κ2) is 4.02. The van der Waals surface area contributed by atoms with Crippen LogP contribution < -0.4 is 5.56 Å². The van der Waals surface area contributed by atoms with Crippen LogP contribution in [0.4, 0.5) is 0 Å². The third kappa shape index (κ3) is 2.57. The van der Waals surface area contributed by atoms with Crippen LogP contribution >= 0.6 is 0 Å². The van der Waals surface area contributed by atoms with Crippen LogP contribution in [-0.2, 0) is 21.1 Å². The minimum atomic E-state index is -3.07. The number of sulfone groups is 1. The number of rotatable bonds is 3. The minimum Gasteiger partial charge on any atom is -0.481 e. The van der Waals surface area contributed by atoms with Crippen molar-refractivity contribution in [2.24, 2.45) is 0 Å². The smallest absolute Gasteiger partial charge is 0.309 e. The number of aromatic amines is 1. The second-order valence-corrected chi connectivity index (χ2v) is 6.35. The largest absolute Gasteiger partial charge is 0.481 e. The molecule has 1 aromatic heterocycles. The summed E-state index contributed by atoms with van der Waals surface area (Å²) in [6, 6.07) is 0.786. The molecular formula is C9H12N2O5S. The summed E-state index contributed by atoms with van der Waals surface area (Å²) in [6.45, 7) is 0. The van der Waals surface area contributed by atoms with Gasteiger partial charge < -0.3 is 5.11 Å². The third-order valence-electron chi connectivity index (χ3n) is 2.71. The van der Waals surface area contributed by atoms with Crippen molar-refractivity contribution < 1.29 is 18.3 Å². The van der Waals surface area contributed by atoms with E-state index in [0.717, 1.165) is 0 Å². The topological polar surface area (TPSA) is 109 Å². The summed E-state index contributed by atoms with van der Waals surface area (Å²) in [4.78, 5) is 22.0. The van der Waals surface area contributed by atoms with E-state index in [0.29, 0.717) is 6.42 Å². The molecule has 2 heterocycles. The molecule has 0 bridgehead atoms. The van der Waals surface area contributed by atoms with Crippen molar-refractivity contribution in [2.45, 2.75) is 18.9 Å². The number of nitrogens with zero attached hydrogens (tertiary/aromatic N) is 1. The number of carboxylic acids is 1. The molecule has 1 aliphatic heterocycles. The normalized spacial score (nSPS) is 22.7. The van der Waals surface area contributed by atoms with Crippen LogP contribution in [0.15, 0.2) is 10.9 Å². The molecule has 0 unspecified atom stereocenters. The van der Waals surface area contributed by atoms with Gasteiger partial charge in [-0.3, -0.25) is 14.7 Å². The number of hydrogen-bond donors (Lipinski definition) is 2. The molecule has 0 radical (unpaired) electrons. The van der Waals surface area contributed by atoms with Gasteiger partial charge >= 0.3 is 5.97 Å². The Bertz CT molecular complexity index is 597. The summed E-state index contributed by atoms with van der Waals surface area (Å²) in [5.74, 6) is -1.05. The summed E-state index contributed by atoms with van der Waals surface area (Å²) in [6.07, 6.45) is 0.108. The standard InChI is InChI=1S/C9H12N2O5S/c12-8-3-6(4-9(13)14)10-11(8)7-1-2-17(15,16)5-7/h3,7,10H,1-2,4-5H2,(H,13,14)/t7-/m0/s1. The summed E-state index contributed by atoms with van der Waals surface area (Å²) < 4.78 is 23.8. The Morgan fingerprint density at radius 2 is 2.29 bits per heavy atom. The van der Waals surface area contributed by atoms with Gasteiger partial charge in [0.15, 0.2) is 9.84 Å². The van der Waals surface area contributed by atoms with Gasteiger partial charge in [-0.15, -0.1) is 0 Å². The maximum atomic E-state index is 11.6. The van der Waals surface area contributed by atoms with E-state index in [2.05, 4.69) is 5.10 Å². The van der Waals surface area contributed by atoms with E-state index in [1.165, 1.54) is 10.7 Å². The quantitative estimate of drug-likeness (QED) is 0.736. The number of carbonyl (C=O) groups is 1. The highest BCUT2D eigenvalue weighted by Gasteiger charge is 2.30. The van der Waals surface area contributed by atoms with Gasteiger partial charge in [-0.05, 0) is 6.42 Å². The Hall–Kier alpha value is -1.57. The van der Waals surface area contributed by atoms with Gasteiger partial charge in [0.1, 0.15) is 0 Å². The lowest BCUT2D eigenvalue weighted by Crippen LogP contribution is -2.23. The van der Waals surface area contributed by atoms with Crippen LogP contribution in [0.1, 0.15) is 18.2 Å². The van der Waals surface area contributed by atoms with Crippen molar-refractivity contribution in [1.29, 1.82) is 0 Å². The van der Waals surface area contributed by atoms with Crippen molar-refractivity contribution in [2.75, 3.05) is 11.5 Å². The molecule has 2 N–H and O–H groups in total. The van der Waals surface area contributed by atoms with Crippen molar-refractivity contribution in [1.82, 2.24) is 9.78 Å². The molecule has 0 spiro atoms. The fourth-order valence-corrected chi connectivity index (χ4v) is 3.66. The summed E-state index contributed by atoms with van der Waals surface area (Å²) >= 11 is 0. The highest BCUT2D eigenvalue weighted by Crippen LogP contribution is 2.21. The second-order valence-electron chi connectivity index (χ2n) is 4.12. The lowest BCUT2D eigenvalue weighted by molar-refractivity contribution is -0.136. The predicted octanol–water partition coefficient (Wildman–Crippen LogP) is -0.837. The zero-order valence-electron chi connectivity index (χ0n) is 8.92. The molecule has 8 heteroatoms. The van der Waals surface area contributed by atoms with Crippen LogP contribution in [0, 0.1) is 0 Å². The zero-order chi connectivity index (χ0) is 12.6. The fourth-order valence-electron chi connectivity index (χ4n) is 1.96. The number of aliphatic carboxylic acids is 1. The minimum absolute atomic E-state index is 0.0669. The first-order valence-corrected chi connectivity index (χ1v) is 6.92. The number of aromatic nitrogens is 2. The predicted molar refractivity (Wildman–Crippen MR) is 58.7 cm³/mol. The van der Waals surface area contributed by atoms with Gasteiger partial charge in [0.05, 0.1) is 24.0 Å². The SMILES string of the molecule is O=C(O)Cc1cc(=O)n([C@H]2CCS(=O)(=O)C2)[nH]1. The van der Waals surface area contributed by atoms with Crippen LogP contribution in [0.5, 0.6) is 0 Å². The van der Waals surface area contributed by atoms with E-state index in [1.807, 2.05) is 0 Å². The average Bonchev–Trinajstić information content (AvgIpc) is 2.68. The van der Waals surface area contributed by atoms with Crippen molar-refractivity contribution in [3.8, 4) is 0 Å². The molecule has 0 saturated carbocycles. The molecule has 7 nitrogen and oxygen atoms in total. The third-order valence-corrected chi connectivity index (χ3v) is 4.46. The molecule has 0 aromatic carbocycles. The average molecular weight is 260 g/mol. The Morgan fingerprint density at radius 3 is 2.82 bits per heavy atom. The highest BCUT2D eigenvalue weighted by atomic mass is 32.2. The van der Waals surface area contributed by atoms with Crippen molar-refractivity contribution in [3.05, 3.63) is 22.1 Å². The van der Waals surface area contributed by atoms with Crippen LogP contribution in [0.25, 0.3) is 0 Å². The van der Waals surface area contributed by atoms with E-state index >= 15 is 0 Å². The van der Waals surface area contributed by atoms with Gasteiger partial charge in [-0.1, -0.05) is 0 Å². The van der Waals surface area contributed by atoms with E-state index < -0.39 is 21.8 Å². The maximum absolute atomic E-state index is 11.6. The monoisotopic (exact) mass is 260 g/mol. The number of carboxylic acid groups (broad SMARTS) is 1. The molecular weight excluding hydrogens is 248 g/mol. The molecule has 1 fully saturated rings. The van der Waals surface area contributed by atoms with Gasteiger partial charge in [-0.25, -0.2) is 13.1 Å². The van der Waals surface area contributed by atoms with E-state index in [1.54, 1.807) is 0 Å². The molecule has 1 aliphatic rings. The molecule has 2 rings (SSSR count). The Kier molecular flexibility index (Phi) is 2.82. The first-order chi connectivity index (χ1) is 7.87. The summed E-state index contributed by atoms with van der Waals surface area (Å²) in [5, 5.41) is 11.2. The maximum Gasteiger partial charge on any atom is 0.309 e. The molecule has 1 saturated heterocycles. The summed E-state index contributed by atoms with van der Waals surface area (Å²) in [5.41, 5.74) is -0.102. The van der Waals surface area contributed by atoms with Gasteiger partial charge in [0.25, 0.3) is 5.56 Å². The van der Waals surface area contributed by atoms with E-state index in [9.17, 15) is 18.0 Å². The first kappa shape index (κ1) is 11.9. The van der Waals surface area contributed by atoms with Crippen molar-refractivity contribution in [3.63, 3.8) is 0 Å². The first-order valence-electron chi connectivity index (χ1n) is 5.10. The van der Waals surface area contributed by atoms with Crippen LogP contribution in [0.2, 0.25) is 0 Å². The Labute approximate surface area is 97.0 Å². The zero-order valence-corrected chi connectivity index (χ0v) is 9.74. The van der Waals surface area contributed by atoms with Crippen LogP contribution in [-0.4, -0.2) is 40.8 Å². The Balaban J connectivity index is 2.25. The van der Waals surface area contributed by atoms with E-state index in [4.69, 9.17) is 5.11 Å². The van der Waals surface area contributed by atoms with Gasteiger partial charge in [-0.2, -0.15) is 0 Å². The van der Waals surface area contributed by atoms with Gasteiger partial charge in [0.2, 0.25) is 0 Å². The van der Waals surface area contributed by atoms with Gasteiger partial charge in [0, 0.05) is 11.8 Å². The number of hydrogen-bond acceptors (Lipinski definition) is 4. The number of nitrogens with one attached hydrogen (secondary N) is 1. The number of H-pyrrole nitrogens is 1. The van der Waals surface area contributed by atoms with Crippen LogP contribution in [0.3, 0.4) is 0 Å². The molecule has 0 aliphatic carbocycles. The van der Waals surface area contributed by atoms with Crippen molar-refractivity contribution >= 4 is 15.8 Å². The molecule has 1 aromatic rings. The lowest BCUT2D eigenvalue weighted by Gasteiger charge is -2.07. The van der Waals surface area contributed by atoms with E-state index in [-0.39, 0.29) is 29.2 Å².